The number of carboxylic acids is 1. The van der Waals surface area contributed by atoms with Gasteiger partial charge < -0.3 is 15.2 Å². The third-order valence-electron chi connectivity index (χ3n) is 5.43. The van der Waals surface area contributed by atoms with Crippen molar-refractivity contribution in [2.24, 2.45) is 0 Å². The minimum atomic E-state index is -1.17. The lowest BCUT2D eigenvalue weighted by atomic mass is 9.97. The summed E-state index contributed by atoms with van der Waals surface area (Å²) < 4.78 is 5.96. The number of hydrogen-bond donors (Lipinski definition) is 3. The summed E-state index contributed by atoms with van der Waals surface area (Å²) in [5, 5.41) is 15.2. The van der Waals surface area contributed by atoms with Crippen LogP contribution in [-0.2, 0) is 14.3 Å². The number of benzene rings is 3. The molecule has 2 amide bonds. The molecular weight excluding hydrogens is 454 g/mol. The number of aliphatic carboxylic acids is 1. The van der Waals surface area contributed by atoms with Crippen LogP contribution in [0.25, 0.3) is 10.2 Å². The van der Waals surface area contributed by atoms with Crippen LogP contribution >= 0.6 is 11.3 Å². The second kappa shape index (κ2) is 9.05. The van der Waals surface area contributed by atoms with Gasteiger partial charge >= 0.3 is 5.97 Å². The SMILES string of the molecule is O=C(Nc1nc2ccccc2s1)c1ccc(C(NC(=O)[C@H]2O[C@@H]2C(=O)O)c2ccccc2)cc1. The number of epoxide rings is 1. The van der Waals surface area contributed by atoms with Gasteiger partial charge in [-0.2, -0.15) is 0 Å². The Bertz CT molecular complexity index is 1340. The van der Waals surface area contributed by atoms with Crippen molar-refractivity contribution >= 4 is 44.5 Å². The summed E-state index contributed by atoms with van der Waals surface area (Å²) in [6.07, 6.45) is -2.13. The quantitative estimate of drug-likeness (QED) is 0.353. The molecule has 9 heteroatoms. The first-order chi connectivity index (χ1) is 16.5. The fraction of sp³-hybridized carbons (Fsp3) is 0.120. The number of fused-ring (bicyclic) bond motifs is 1. The van der Waals surface area contributed by atoms with E-state index in [0.29, 0.717) is 10.7 Å². The summed E-state index contributed by atoms with van der Waals surface area (Å²) in [4.78, 5) is 40.8. The molecule has 1 aliphatic heterocycles. The molecule has 0 saturated carbocycles. The van der Waals surface area contributed by atoms with Crippen molar-refractivity contribution in [2.75, 3.05) is 5.32 Å². The van der Waals surface area contributed by atoms with Crippen LogP contribution in [0.15, 0.2) is 78.9 Å². The number of hydrogen-bond acceptors (Lipinski definition) is 6. The standard InChI is InChI=1S/C25H19N3O5S/c29-22(28-25-26-17-8-4-5-9-18(17)34-25)16-12-10-15(11-13-16)19(14-6-2-1-3-7-14)27-23(30)20-21(33-20)24(31)32/h1-13,19-21H,(H,27,30)(H,31,32)(H,26,28,29)/t19?,20-,21-/m0/s1. The predicted molar refractivity (Wildman–Crippen MR) is 127 cm³/mol. The highest BCUT2D eigenvalue weighted by Gasteiger charge is 2.51. The van der Waals surface area contributed by atoms with Crippen molar-refractivity contribution in [3.8, 4) is 0 Å². The van der Waals surface area contributed by atoms with Crippen LogP contribution < -0.4 is 10.6 Å². The van der Waals surface area contributed by atoms with E-state index in [4.69, 9.17) is 9.84 Å². The van der Waals surface area contributed by atoms with E-state index in [9.17, 15) is 14.4 Å². The van der Waals surface area contributed by atoms with Crippen molar-refractivity contribution in [1.82, 2.24) is 10.3 Å². The van der Waals surface area contributed by atoms with Gasteiger partial charge in [-0.15, -0.1) is 0 Å². The van der Waals surface area contributed by atoms with Crippen LogP contribution in [0.5, 0.6) is 0 Å². The monoisotopic (exact) mass is 473 g/mol. The van der Waals surface area contributed by atoms with Gasteiger partial charge in [0.25, 0.3) is 11.8 Å². The summed E-state index contributed by atoms with van der Waals surface area (Å²) >= 11 is 1.40. The molecule has 1 fully saturated rings. The van der Waals surface area contributed by atoms with Gasteiger partial charge in [-0.05, 0) is 35.4 Å². The van der Waals surface area contributed by atoms with E-state index in [1.807, 2.05) is 54.6 Å². The maximum Gasteiger partial charge on any atom is 0.336 e. The lowest BCUT2D eigenvalue weighted by Gasteiger charge is -2.20. The molecule has 5 rings (SSSR count). The molecule has 34 heavy (non-hydrogen) atoms. The fourth-order valence-corrected chi connectivity index (χ4v) is 4.51. The Morgan fingerprint density at radius 2 is 1.56 bits per heavy atom. The smallest absolute Gasteiger partial charge is 0.336 e. The molecular formula is C25H19N3O5S. The van der Waals surface area contributed by atoms with Crippen molar-refractivity contribution in [2.45, 2.75) is 18.2 Å². The maximum absolute atomic E-state index is 12.7. The number of ether oxygens (including phenoxy) is 1. The van der Waals surface area contributed by atoms with Crippen LogP contribution in [0.4, 0.5) is 5.13 Å². The topological polar surface area (TPSA) is 121 Å². The maximum atomic E-state index is 12.7. The lowest BCUT2D eigenvalue weighted by molar-refractivity contribution is -0.138. The molecule has 3 aromatic carbocycles. The van der Waals surface area contributed by atoms with Gasteiger partial charge in [0.15, 0.2) is 17.3 Å². The molecule has 1 aromatic heterocycles. The molecule has 1 aliphatic rings. The summed E-state index contributed by atoms with van der Waals surface area (Å²) in [6.45, 7) is 0. The van der Waals surface area contributed by atoms with Gasteiger partial charge in [0.2, 0.25) is 0 Å². The molecule has 0 radical (unpaired) electrons. The van der Waals surface area contributed by atoms with Crippen LogP contribution in [0, 0.1) is 0 Å². The molecule has 0 bridgehead atoms. The van der Waals surface area contributed by atoms with Crippen molar-refractivity contribution in [3.63, 3.8) is 0 Å². The number of thiazole rings is 1. The zero-order valence-corrected chi connectivity index (χ0v) is 18.5. The first kappa shape index (κ1) is 21.7. The van der Waals surface area contributed by atoms with Gasteiger partial charge in [0, 0.05) is 5.56 Å². The van der Waals surface area contributed by atoms with Crippen molar-refractivity contribution in [1.29, 1.82) is 0 Å². The van der Waals surface area contributed by atoms with Crippen molar-refractivity contribution < 1.29 is 24.2 Å². The number of nitrogens with one attached hydrogen (secondary N) is 2. The van der Waals surface area contributed by atoms with Gasteiger partial charge in [0.05, 0.1) is 16.3 Å². The van der Waals surface area contributed by atoms with E-state index < -0.39 is 30.1 Å². The summed E-state index contributed by atoms with van der Waals surface area (Å²) in [6, 6.07) is 23.3. The zero-order chi connectivity index (χ0) is 23.7. The number of amides is 2. The van der Waals surface area contributed by atoms with Crippen LogP contribution in [0.1, 0.15) is 27.5 Å². The van der Waals surface area contributed by atoms with E-state index in [-0.39, 0.29) is 5.91 Å². The fourth-order valence-electron chi connectivity index (χ4n) is 3.65. The molecule has 2 heterocycles. The normalized spacial score (nSPS) is 17.6. The molecule has 170 valence electrons. The highest BCUT2D eigenvalue weighted by molar-refractivity contribution is 7.22. The van der Waals surface area contributed by atoms with Gasteiger partial charge in [0.1, 0.15) is 0 Å². The van der Waals surface area contributed by atoms with Crippen LogP contribution in [-0.4, -0.2) is 40.1 Å². The summed E-state index contributed by atoms with van der Waals surface area (Å²) in [5.74, 6) is -1.96. The second-order valence-electron chi connectivity index (χ2n) is 7.73. The Morgan fingerprint density at radius 1 is 0.882 bits per heavy atom. The highest BCUT2D eigenvalue weighted by Crippen LogP contribution is 2.28. The second-order valence-corrected chi connectivity index (χ2v) is 8.76. The number of anilines is 1. The Balaban J connectivity index is 1.33. The van der Waals surface area contributed by atoms with Crippen LogP contribution in [0.3, 0.4) is 0 Å². The number of nitrogens with zero attached hydrogens (tertiary/aromatic N) is 1. The largest absolute Gasteiger partial charge is 0.479 e. The molecule has 3 atom stereocenters. The van der Waals surface area contributed by atoms with E-state index in [2.05, 4.69) is 15.6 Å². The summed E-state index contributed by atoms with van der Waals surface area (Å²) in [5.41, 5.74) is 2.82. The third kappa shape index (κ3) is 4.52. The molecule has 1 unspecified atom stereocenters. The number of aromatic nitrogens is 1. The summed E-state index contributed by atoms with van der Waals surface area (Å²) in [7, 11) is 0. The minimum absolute atomic E-state index is 0.290. The zero-order valence-electron chi connectivity index (χ0n) is 17.7. The minimum Gasteiger partial charge on any atom is -0.479 e. The molecule has 4 aromatic rings. The predicted octanol–water partition coefficient (Wildman–Crippen LogP) is 3.61. The number of para-hydroxylation sites is 1. The van der Waals surface area contributed by atoms with Gasteiger partial charge in [-0.25, -0.2) is 9.78 Å². The number of carbonyl (C=O) groups excluding carboxylic acids is 2. The molecule has 0 spiro atoms. The number of carboxylic acid groups (broad SMARTS) is 1. The Kier molecular flexibility index (Phi) is 5.79. The first-order valence-corrected chi connectivity index (χ1v) is 11.3. The van der Waals surface area contributed by atoms with E-state index in [1.54, 1.807) is 24.3 Å². The Hall–Kier alpha value is -4.08. The highest BCUT2D eigenvalue weighted by atomic mass is 32.1. The van der Waals surface area contributed by atoms with E-state index >= 15 is 0 Å². The van der Waals surface area contributed by atoms with Crippen molar-refractivity contribution in [3.05, 3.63) is 95.6 Å². The Labute approximate surface area is 198 Å². The Morgan fingerprint density at radius 3 is 2.24 bits per heavy atom. The van der Waals surface area contributed by atoms with Gasteiger partial charge in [-0.1, -0.05) is 65.9 Å². The van der Waals surface area contributed by atoms with Gasteiger partial charge in [-0.3, -0.25) is 14.9 Å². The average molecular weight is 474 g/mol. The molecule has 3 N–H and O–H groups in total. The number of carbonyl (C=O) groups is 3. The van der Waals surface area contributed by atoms with E-state index in [1.165, 1.54) is 11.3 Å². The lowest BCUT2D eigenvalue weighted by Crippen LogP contribution is -2.34. The third-order valence-corrected chi connectivity index (χ3v) is 6.39. The van der Waals surface area contributed by atoms with Crippen LogP contribution in [0.2, 0.25) is 0 Å². The molecule has 1 saturated heterocycles. The average Bonchev–Trinajstić information content (AvgIpc) is 3.57. The number of rotatable bonds is 7. The van der Waals surface area contributed by atoms with E-state index in [0.717, 1.165) is 21.3 Å². The molecule has 8 nitrogen and oxygen atoms in total. The molecule has 0 aliphatic carbocycles. The first-order valence-electron chi connectivity index (χ1n) is 10.5.